The Balaban J connectivity index is 2.02. The highest BCUT2D eigenvalue weighted by molar-refractivity contribution is 7.98. The highest BCUT2D eigenvalue weighted by atomic mass is 32.2. The first-order valence-electron chi connectivity index (χ1n) is 11.6. The monoisotopic (exact) mass is 505 g/mol. The molecule has 1 aromatic heterocycles. The highest BCUT2D eigenvalue weighted by Crippen LogP contribution is 2.19. The summed E-state index contributed by atoms with van der Waals surface area (Å²) in [6.45, 7) is 3.44. The normalized spacial score (nSPS) is 14.5. The second-order valence-corrected chi connectivity index (χ2v) is 9.48. The molecular formula is C24H35N5O5S. The fourth-order valence-electron chi connectivity index (χ4n) is 3.54. The smallest absolute Gasteiger partial charge is 0.326 e. The molecule has 0 bridgehead atoms. The van der Waals surface area contributed by atoms with Crippen molar-refractivity contribution in [2.45, 2.75) is 51.2 Å². The van der Waals surface area contributed by atoms with Crippen molar-refractivity contribution in [3.8, 4) is 0 Å². The van der Waals surface area contributed by atoms with E-state index < -0.39 is 41.8 Å². The van der Waals surface area contributed by atoms with Gasteiger partial charge < -0.3 is 31.8 Å². The number of nitrogens with two attached hydrogens (primary N) is 1. The third kappa shape index (κ3) is 8.29. The first-order valence-corrected chi connectivity index (χ1v) is 13.0. The van der Waals surface area contributed by atoms with Crippen LogP contribution in [-0.2, 0) is 25.6 Å². The van der Waals surface area contributed by atoms with Crippen molar-refractivity contribution in [1.82, 2.24) is 20.9 Å². The molecule has 0 radical (unpaired) electrons. The van der Waals surface area contributed by atoms with E-state index in [1.54, 1.807) is 6.20 Å². The standard InChI is InChI=1S/C24H35N5O5S/c1-4-14(2)21(25)23(32)27-13-20(30)28-18(9-10-35-3)22(31)29-19(24(33)34)11-15-12-26-17-8-6-5-7-16(15)17/h5-8,12,14,18-19,21,26H,4,9-11,13,25H2,1-3H3,(H,27,32)(H,28,30)(H,29,31)(H,33,34). The fraction of sp³-hybridized carbons (Fsp3) is 0.500. The number of fused-ring (bicyclic) bond motifs is 1. The van der Waals surface area contributed by atoms with Crippen LogP contribution in [0.25, 0.3) is 10.9 Å². The summed E-state index contributed by atoms with van der Waals surface area (Å²) in [4.78, 5) is 52.5. The number of amides is 3. The quantitative estimate of drug-likeness (QED) is 0.223. The zero-order valence-electron chi connectivity index (χ0n) is 20.3. The van der Waals surface area contributed by atoms with Gasteiger partial charge in [-0.25, -0.2) is 4.79 Å². The number of aromatic amines is 1. The third-order valence-electron chi connectivity index (χ3n) is 5.96. The third-order valence-corrected chi connectivity index (χ3v) is 6.60. The molecule has 0 saturated carbocycles. The molecule has 192 valence electrons. The maximum Gasteiger partial charge on any atom is 0.326 e. The summed E-state index contributed by atoms with van der Waals surface area (Å²) in [7, 11) is 0. The van der Waals surface area contributed by atoms with Gasteiger partial charge in [0.2, 0.25) is 17.7 Å². The van der Waals surface area contributed by atoms with Gasteiger partial charge in [0.1, 0.15) is 12.1 Å². The van der Waals surface area contributed by atoms with Gasteiger partial charge in [-0.3, -0.25) is 14.4 Å². The number of carbonyl (C=O) groups excluding carboxylic acids is 3. The summed E-state index contributed by atoms with van der Waals surface area (Å²) in [6.07, 6.45) is 4.70. The predicted molar refractivity (Wildman–Crippen MR) is 137 cm³/mol. The SMILES string of the molecule is CCC(C)C(N)C(=O)NCC(=O)NC(CCSC)C(=O)NC(Cc1c[nH]c2ccccc12)C(=O)O. The molecule has 7 N–H and O–H groups in total. The van der Waals surface area contributed by atoms with Crippen LogP contribution in [0.1, 0.15) is 32.3 Å². The lowest BCUT2D eigenvalue weighted by Crippen LogP contribution is -2.54. The molecule has 0 fully saturated rings. The minimum Gasteiger partial charge on any atom is -0.480 e. The number of aliphatic carboxylic acids is 1. The van der Waals surface area contributed by atoms with E-state index in [1.165, 1.54) is 11.8 Å². The average molecular weight is 506 g/mol. The van der Waals surface area contributed by atoms with E-state index in [9.17, 15) is 24.3 Å². The molecule has 0 aliphatic carbocycles. The van der Waals surface area contributed by atoms with Gasteiger partial charge in [-0.15, -0.1) is 0 Å². The summed E-state index contributed by atoms with van der Waals surface area (Å²) >= 11 is 1.49. The predicted octanol–water partition coefficient (Wildman–Crippen LogP) is 1.01. The van der Waals surface area contributed by atoms with Gasteiger partial charge >= 0.3 is 5.97 Å². The molecule has 11 heteroatoms. The summed E-state index contributed by atoms with van der Waals surface area (Å²) in [5.41, 5.74) is 7.51. The van der Waals surface area contributed by atoms with Crippen LogP contribution >= 0.6 is 11.8 Å². The number of nitrogens with one attached hydrogen (secondary N) is 4. The lowest BCUT2D eigenvalue weighted by molar-refractivity contribution is -0.142. The molecule has 0 saturated heterocycles. The Morgan fingerprint density at radius 1 is 1.11 bits per heavy atom. The number of hydrogen-bond acceptors (Lipinski definition) is 6. The molecular weight excluding hydrogens is 470 g/mol. The van der Waals surface area contributed by atoms with Gasteiger partial charge in [0.05, 0.1) is 12.6 Å². The number of thioether (sulfide) groups is 1. The molecule has 10 nitrogen and oxygen atoms in total. The van der Waals surface area contributed by atoms with Gasteiger partial charge in [-0.2, -0.15) is 11.8 Å². The Labute approximate surface area is 209 Å². The van der Waals surface area contributed by atoms with Crippen LogP contribution < -0.4 is 21.7 Å². The topological polar surface area (TPSA) is 166 Å². The van der Waals surface area contributed by atoms with Crippen LogP contribution in [0.3, 0.4) is 0 Å². The fourth-order valence-corrected chi connectivity index (χ4v) is 4.01. The number of hydrogen-bond donors (Lipinski definition) is 6. The molecule has 0 aliphatic heterocycles. The van der Waals surface area contributed by atoms with Crippen molar-refractivity contribution in [2.75, 3.05) is 18.6 Å². The molecule has 4 atom stereocenters. The molecule has 2 aromatic rings. The molecule has 3 amide bonds. The van der Waals surface area contributed by atoms with E-state index in [0.717, 1.165) is 22.9 Å². The summed E-state index contributed by atoms with van der Waals surface area (Å²) < 4.78 is 0. The van der Waals surface area contributed by atoms with Gasteiger partial charge in [-0.05, 0) is 36.0 Å². The summed E-state index contributed by atoms with van der Waals surface area (Å²) in [5, 5.41) is 18.3. The Morgan fingerprint density at radius 3 is 2.49 bits per heavy atom. The van der Waals surface area contributed by atoms with Crippen molar-refractivity contribution in [2.24, 2.45) is 11.7 Å². The van der Waals surface area contributed by atoms with Crippen LogP contribution in [0.15, 0.2) is 30.5 Å². The molecule has 35 heavy (non-hydrogen) atoms. The maximum absolute atomic E-state index is 13.0. The number of carboxylic acids is 1. The zero-order valence-corrected chi connectivity index (χ0v) is 21.1. The number of rotatable bonds is 14. The van der Waals surface area contributed by atoms with Gasteiger partial charge in [-0.1, -0.05) is 38.5 Å². The lowest BCUT2D eigenvalue weighted by atomic mass is 9.99. The van der Waals surface area contributed by atoms with Crippen molar-refractivity contribution in [3.63, 3.8) is 0 Å². The van der Waals surface area contributed by atoms with Gasteiger partial charge in [0.15, 0.2) is 0 Å². The Kier molecular flexibility index (Phi) is 11.1. The summed E-state index contributed by atoms with van der Waals surface area (Å²) in [6, 6.07) is 4.64. The minimum atomic E-state index is -1.18. The van der Waals surface area contributed by atoms with E-state index in [4.69, 9.17) is 5.73 Å². The van der Waals surface area contributed by atoms with Crippen LogP contribution in [-0.4, -0.2) is 70.5 Å². The van der Waals surface area contributed by atoms with Crippen molar-refractivity contribution in [1.29, 1.82) is 0 Å². The van der Waals surface area contributed by atoms with E-state index >= 15 is 0 Å². The number of carboxylic acid groups (broad SMARTS) is 1. The number of aromatic nitrogens is 1. The summed E-state index contributed by atoms with van der Waals surface area (Å²) in [5.74, 6) is -2.23. The number of H-pyrrole nitrogens is 1. The van der Waals surface area contributed by atoms with Crippen molar-refractivity contribution < 1.29 is 24.3 Å². The van der Waals surface area contributed by atoms with E-state index in [1.807, 2.05) is 44.4 Å². The molecule has 4 unspecified atom stereocenters. The average Bonchev–Trinajstić information content (AvgIpc) is 3.26. The van der Waals surface area contributed by atoms with Gasteiger partial charge in [0, 0.05) is 23.5 Å². The van der Waals surface area contributed by atoms with Gasteiger partial charge in [0.25, 0.3) is 0 Å². The molecule has 1 heterocycles. The van der Waals surface area contributed by atoms with Crippen molar-refractivity contribution in [3.05, 3.63) is 36.0 Å². The number of para-hydroxylation sites is 1. The molecule has 0 aliphatic rings. The lowest BCUT2D eigenvalue weighted by Gasteiger charge is -2.22. The Hall–Kier alpha value is -3.05. The maximum atomic E-state index is 13.0. The van der Waals surface area contributed by atoms with Crippen LogP contribution in [0, 0.1) is 5.92 Å². The zero-order chi connectivity index (χ0) is 26.0. The van der Waals surface area contributed by atoms with Crippen LogP contribution in [0.5, 0.6) is 0 Å². The molecule has 2 rings (SSSR count). The van der Waals surface area contributed by atoms with Crippen LogP contribution in [0.2, 0.25) is 0 Å². The first-order chi connectivity index (χ1) is 16.7. The molecule has 0 spiro atoms. The first kappa shape index (κ1) is 28.2. The highest BCUT2D eigenvalue weighted by Gasteiger charge is 2.27. The second kappa shape index (κ2) is 13.7. The Bertz CT molecular complexity index is 1030. The Morgan fingerprint density at radius 2 is 1.83 bits per heavy atom. The van der Waals surface area contributed by atoms with Crippen LogP contribution in [0.4, 0.5) is 0 Å². The van der Waals surface area contributed by atoms with E-state index in [0.29, 0.717) is 12.2 Å². The second-order valence-electron chi connectivity index (χ2n) is 8.49. The number of benzene rings is 1. The van der Waals surface area contributed by atoms with E-state index in [2.05, 4.69) is 20.9 Å². The largest absolute Gasteiger partial charge is 0.480 e. The van der Waals surface area contributed by atoms with E-state index in [-0.39, 0.29) is 18.9 Å². The minimum absolute atomic E-state index is 0.0386. The van der Waals surface area contributed by atoms with Crippen molar-refractivity contribution >= 4 is 46.4 Å². The molecule has 1 aromatic carbocycles. The number of carbonyl (C=O) groups is 4.